The lowest BCUT2D eigenvalue weighted by atomic mass is 10.1. The van der Waals surface area contributed by atoms with Gasteiger partial charge in [0, 0.05) is 36.2 Å². The first-order valence-corrected chi connectivity index (χ1v) is 11.9. The number of carbonyl (C=O) groups is 4. The number of alkyl carbamates (subject to hydrolysis) is 1. The maximum Gasteiger partial charge on any atom is 0.407 e. The first-order valence-electron chi connectivity index (χ1n) is 11.9. The summed E-state index contributed by atoms with van der Waals surface area (Å²) < 4.78 is 5.11. The first kappa shape index (κ1) is 29.1. The summed E-state index contributed by atoms with van der Waals surface area (Å²) in [6.45, 7) is 4.53. The monoisotopic (exact) mass is 507 g/mol. The lowest BCUT2D eigenvalue weighted by Crippen LogP contribution is -2.49. The molecule has 3 amide bonds. The van der Waals surface area contributed by atoms with Gasteiger partial charge in [0.1, 0.15) is 18.2 Å². The van der Waals surface area contributed by atoms with Crippen molar-refractivity contribution >= 4 is 23.7 Å². The number of rotatable bonds is 10. The number of aliphatic hydroxyl groups is 1. The molecule has 0 saturated carbocycles. The number of nitrogens with one attached hydrogen (secondary N) is 3. The molecule has 0 heterocycles. The van der Waals surface area contributed by atoms with Gasteiger partial charge in [0.15, 0.2) is 5.78 Å². The molecule has 37 heavy (non-hydrogen) atoms. The second-order valence-electron chi connectivity index (χ2n) is 9.18. The predicted molar refractivity (Wildman–Crippen MR) is 139 cm³/mol. The van der Waals surface area contributed by atoms with Crippen LogP contribution < -0.4 is 16.0 Å². The molecule has 9 nitrogen and oxygen atoms in total. The maximum atomic E-state index is 12.6. The van der Waals surface area contributed by atoms with Crippen molar-refractivity contribution in [3.63, 3.8) is 0 Å². The van der Waals surface area contributed by atoms with E-state index in [1.165, 1.54) is 0 Å². The van der Waals surface area contributed by atoms with Crippen LogP contribution in [0, 0.1) is 11.8 Å². The van der Waals surface area contributed by atoms with Gasteiger partial charge in [-0.2, -0.15) is 0 Å². The SMILES string of the molecule is CC(C)(C)OC(=O)NCCCC(=O)NC[C@H](NC(=O)c1ccc(C#Cc2ccccc2)cc1)C(=O)CO. The third-order valence-corrected chi connectivity index (χ3v) is 4.87. The normalized spacial score (nSPS) is 11.4. The van der Waals surface area contributed by atoms with Crippen LogP contribution in [-0.4, -0.2) is 60.1 Å². The van der Waals surface area contributed by atoms with E-state index in [-0.39, 0.29) is 25.4 Å². The number of ether oxygens (including phenoxy) is 1. The second-order valence-corrected chi connectivity index (χ2v) is 9.18. The first-order chi connectivity index (χ1) is 17.6. The molecule has 0 saturated heterocycles. The Kier molecular flexibility index (Phi) is 11.3. The third-order valence-electron chi connectivity index (χ3n) is 4.87. The maximum absolute atomic E-state index is 12.6. The van der Waals surface area contributed by atoms with Crippen LogP contribution in [0.4, 0.5) is 4.79 Å². The number of aliphatic hydroxyl groups excluding tert-OH is 1. The summed E-state index contributed by atoms with van der Waals surface area (Å²) in [6.07, 6.45) is -0.120. The van der Waals surface area contributed by atoms with E-state index in [2.05, 4.69) is 27.8 Å². The van der Waals surface area contributed by atoms with E-state index in [0.717, 1.165) is 11.1 Å². The Bertz CT molecular complexity index is 1130. The van der Waals surface area contributed by atoms with Gasteiger partial charge in [-0.3, -0.25) is 14.4 Å². The van der Waals surface area contributed by atoms with Crippen LogP contribution in [0.25, 0.3) is 0 Å². The number of benzene rings is 2. The zero-order valence-electron chi connectivity index (χ0n) is 21.3. The van der Waals surface area contributed by atoms with Gasteiger partial charge in [0.05, 0.1) is 0 Å². The molecule has 0 radical (unpaired) electrons. The Morgan fingerprint density at radius 2 is 1.54 bits per heavy atom. The number of hydrogen-bond donors (Lipinski definition) is 4. The smallest absolute Gasteiger partial charge is 0.407 e. The van der Waals surface area contributed by atoms with Crippen molar-refractivity contribution in [1.82, 2.24) is 16.0 Å². The summed E-state index contributed by atoms with van der Waals surface area (Å²) in [7, 11) is 0. The van der Waals surface area contributed by atoms with Crippen molar-refractivity contribution in [1.29, 1.82) is 0 Å². The lowest BCUT2D eigenvalue weighted by Gasteiger charge is -2.19. The zero-order valence-corrected chi connectivity index (χ0v) is 21.3. The molecule has 9 heteroatoms. The Labute approximate surface area is 217 Å². The average molecular weight is 508 g/mol. The van der Waals surface area contributed by atoms with Crippen LogP contribution >= 0.6 is 0 Å². The van der Waals surface area contributed by atoms with E-state index in [0.29, 0.717) is 12.0 Å². The molecular formula is C28H33N3O6. The van der Waals surface area contributed by atoms with Crippen LogP contribution in [-0.2, 0) is 14.3 Å². The fourth-order valence-electron chi connectivity index (χ4n) is 3.03. The van der Waals surface area contributed by atoms with E-state index < -0.39 is 36.0 Å². The molecule has 0 aliphatic heterocycles. The lowest BCUT2D eigenvalue weighted by molar-refractivity contribution is -0.124. The summed E-state index contributed by atoms with van der Waals surface area (Å²) in [6, 6.07) is 15.0. The third kappa shape index (κ3) is 11.4. The molecule has 0 unspecified atom stereocenters. The second kappa shape index (κ2) is 14.4. The number of amides is 3. The van der Waals surface area contributed by atoms with Gasteiger partial charge < -0.3 is 25.8 Å². The summed E-state index contributed by atoms with van der Waals surface area (Å²) in [5.74, 6) is 4.53. The molecule has 0 aromatic heterocycles. The minimum Gasteiger partial charge on any atom is -0.444 e. The molecule has 0 aliphatic rings. The fourth-order valence-corrected chi connectivity index (χ4v) is 3.03. The molecule has 1 atom stereocenters. The molecule has 0 spiro atoms. The molecule has 196 valence electrons. The zero-order chi connectivity index (χ0) is 27.3. The Balaban J connectivity index is 1.83. The highest BCUT2D eigenvalue weighted by Crippen LogP contribution is 2.07. The molecule has 0 aliphatic carbocycles. The molecule has 4 N–H and O–H groups in total. The fraction of sp³-hybridized carbons (Fsp3) is 0.357. The summed E-state index contributed by atoms with van der Waals surface area (Å²) in [5, 5.41) is 16.9. The molecule has 0 fully saturated rings. The minimum atomic E-state index is -1.10. The van der Waals surface area contributed by atoms with Crippen LogP contribution in [0.5, 0.6) is 0 Å². The predicted octanol–water partition coefficient (Wildman–Crippen LogP) is 2.17. The van der Waals surface area contributed by atoms with Gasteiger partial charge in [-0.05, 0) is 63.6 Å². The summed E-state index contributed by atoms with van der Waals surface area (Å²) in [5.41, 5.74) is 1.28. The Morgan fingerprint density at radius 3 is 2.14 bits per heavy atom. The number of Topliss-reactive ketones (excluding diaryl/α,β-unsaturated/α-hetero) is 1. The van der Waals surface area contributed by atoms with Crippen LogP contribution in [0.2, 0.25) is 0 Å². The highest BCUT2D eigenvalue weighted by Gasteiger charge is 2.21. The van der Waals surface area contributed by atoms with Crippen LogP contribution in [0.15, 0.2) is 54.6 Å². The van der Waals surface area contributed by atoms with E-state index >= 15 is 0 Å². The molecule has 2 rings (SSSR count). The highest BCUT2D eigenvalue weighted by atomic mass is 16.6. The molecule has 0 bridgehead atoms. The number of carbonyl (C=O) groups excluding carboxylic acids is 4. The summed E-state index contributed by atoms with van der Waals surface area (Å²) in [4.78, 5) is 48.5. The van der Waals surface area contributed by atoms with Gasteiger partial charge in [-0.25, -0.2) is 4.79 Å². The van der Waals surface area contributed by atoms with Gasteiger partial charge in [0.25, 0.3) is 5.91 Å². The number of hydrogen-bond acceptors (Lipinski definition) is 6. The molecular weight excluding hydrogens is 474 g/mol. The van der Waals surface area contributed by atoms with Gasteiger partial charge in [-0.15, -0.1) is 0 Å². The van der Waals surface area contributed by atoms with E-state index in [1.807, 2.05) is 30.3 Å². The average Bonchev–Trinajstić information content (AvgIpc) is 2.87. The number of ketones is 1. The van der Waals surface area contributed by atoms with E-state index in [9.17, 15) is 24.3 Å². The molecule has 2 aromatic rings. The minimum absolute atomic E-state index is 0.0925. The molecule has 2 aromatic carbocycles. The van der Waals surface area contributed by atoms with Gasteiger partial charge >= 0.3 is 6.09 Å². The van der Waals surface area contributed by atoms with E-state index in [4.69, 9.17) is 4.74 Å². The van der Waals surface area contributed by atoms with Crippen molar-refractivity contribution in [3.05, 3.63) is 71.3 Å². The van der Waals surface area contributed by atoms with Crippen molar-refractivity contribution in [2.75, 3.05) is 19.7 Å². The Hall–Kier alpha value is -4.16. The van der Waals surface area contributed by atoms with Crippen molar-refractivity contribution < 1.29 is 29.0 Å². The summed E-state index contributed by atoms with van der Waals surface area (Å²) >= 11 is 0. The van der Waals surface area contributed by atoms with E-state index in [1.54, 1.807) is 45.0 Å². The topological polar surface area (TPSA) is 134 Å². The van der Waals surface area contributed by atoms with Crippen molar-refractivity contribution in [2.24, 2.45) is 0 Å². The quantitative estimate of drug-likeness (QED) is 0.288. The highest BCUT2D eigenvalue weighted by molar-refractivity contribution is 5.98. The standard InChI is InChI=1S/C28H33N3O6/c1-28(2,3)37-27(36)29-17-7-10-25(34)30-18-23(24(33)19-32)31-26(35)22-15-13-21(14-16-22)12-11-20-8-5-4-6-9-20/h4-6,8-9,13-16,23,32H,7,10,17-19H2,1-3H3,(H,29,36)(H,30,34)(H,31,35)/t23-/m0/s1. The Morgan fingerprint density at radius 1 is 0.919 bits per heavy atom. The van der Waals surface area contributed by atoms with Crippen LogP contribution in [0.3, 0.4) is 0 Å². The van der Waals surface area contributed by atoms with Gasteiger partial charge in [-0.1, -0.05) is 30.0 Å². The largest absolute Gasteiger partial charge is 0.444 e. The van der Waals surface area contributed by atoms with Crippen molar-refractivity contribution in [3.8, 4) is 11.8 Å². The van der Waals surface area contributed by atoms with Crippen molar-refractivity contribution in [2.45, 2.75) is 45.3 Å². The van der Waals surface area contributed by atoms with Gasteiger partial charge in [0.2, 0.25) is 5.91 Å². The van der Waals surface area contributed by atoms with Crippen LogP contribution in [0.1, 0.15) is 55.1 Å².